The predicted molar refractivity (Wildman–Crippen MR) is 108 cm³/mol. The number of carbonyl (C=O) groups is 2. The lowest BCUT2D eigenvalue weighted by Gasteiger charge is -2.34. The zero-order valence-corrected chi connectivity index (χ0v) is 17.6. The second-order valence-electron chi connectivity index (χ2n) is 7.33. The van der Waals surface area contributed by atoms with Gasteiger partial charge in [0, 0.05) is 32.6 Å². The molecule has 2 saturated heterocycles. The number of hydrogen-bond donors (Lipinski definition) is 1. The molecule has 2 amide bonds. The Morgan fingerprint density at radius 1 is 1.10 bits per heavy atom. The summed E-state index contributed by atoms with van der Waals surface area (Å²) in [5.41, 5.74) is 0.809. The molecule has 2 aliphatic heterocycles. The Kier molecular flexibility index (Phi) is 7.26. The first-order valence-electron chi connectivity index (χ1n) is 10.2. The van der Waals surface area contributed by atoms with E-state index < -0.39 is 16.1 Å². The number of sulfonamides is 1. The third-order valence-electron chi connectivity index (χ3n) is 5.43. The largest absolute Gasteiger partial charge is 0.379 e. The molecule has 8 nitrogen and oxygen atoms in total. The first kappa shape index (κ1) is 21.7. The maximum absolute atomic E-state index is 12.7. The Morgan fingerprint density at radius 2 is 1.79 bits per heavy atom. The monoisotopic (exact) mass is 423 g/mol. The van der Waals surface area contributed by atoms with Crippen molar-refractivity contribution in [2.24, 2.45) is 0 Å². The molecule has 0 saturated carbocycles. The van der Waals surface area contributed by atoms with Gasteiger partial charge in [-0.3, -0.25) is 9.59 Å². The molecule has 29 heavy (non-hydrogen) atoms. The van der Waals surface area contributed by atoms with Gasteiger partial charge in [-0.2, -0.15) is 4.31 Å². The molecule has 2 fully saturated rings. The van der Waals surface area contributed by atoms with Crippen LogP contribution in [0.3, 0.4) is 0 Å². The Bertz CT molecular complexity index is 819. The summed E-state index contributed by atoms with van der Waals surface area (Å²) < 4.78 is 32.0. The fraction of sp³-hybridized carbons (Fsp3) is 0.600. The molecule has 0 aromatic heterocycles. The Hall–Kier alpha value is -1.97. The minimum Gasteiger partial charge on any atom is -0.379 e. The number of morpholine rings is 1. The second kappa shape index (κ2) is 9.69. The van der Waals surface area contributed by atoms with Crippen LogP contribution in [0.15, 0.2) is 29.2 Å². The highest BCUT2D eigenvalue weighted by molar-refractivity contribution is 7.89. The average Bonchev–Trinajstić information content (AvgIpc) is 2.77. The van der Waals surface area contributed by atoms with E-state index in [1.807, 2.05) is 0 Å². The van der Waals surface area contributed by atoms with Gasteiger partial charge in [0.1, 0.15) is 6.04 Å². The average molecular weight is 424 g/mol. The zero-order valence-electron chi connectivity index (χ0n) is 16.8. The van der Waals surface area contributed by atoms with Crippen molar-refractivity contribution < 1.29 is 22.7 Å². The van der Waals surface area contributed by atoms with Crippen molar-refractivity contribution in [2.45, 2.75) is 50.1 Å². The van der Waals surface area contributed by atoms with E-state index in [9.17, 15) is 18.0 Å². The molecule has 9 heteroatoms. The molecule has 1 atom stereocenters. The lowest BCUT2D eigenvalue weighted by atomic mass is 10.0. The summed E-state index contributed by atoms with van der Waals surface area (Å²) >= 11 is 0. The SMILES string of the molecule is CCC(=O)N1CCCCC1C(=O)NCc1ccc(S(=O)(=O)N2CCOCC2)cc1. The van der Waals surface area contributed by atoms with Crippen LogP contribution in [0.1, 0.15) is 38.2 Å². The van der Waals surface area contributed by atoms with Gasteiger partial charge in [0.15, 0.2) is 0 Å². The lowest BCUT2D eigenvalue weighted by molar-refractivity contribution is -0.142. The number of nitrogens with zero attached hydrogens (tertiary/aromatic N) is 2. The fourth-order valence-corrected chi connectivity index (χ4v) is 5.14. The van der Waals surface area contributed by atoms with Gasteiger partial charge in [0.25, 0.3) is 0 Å². The number of ether oxygens (including phenoxy) is 1. The minimum atomic E-state index is -3.53. The summed E-state index contributed by atoms with van der Waals surface area (Å²) in [4.78, 5) is 26.6. The highest BCUT2D eigenvalue weighted by Gasteiger charge is 2.31. The molecular formula is C20H29N3O5S. The number of nitrogens with one attached hydrogen (secondary N) is 1. The van der Waals surface area contributed by atoms with Crippen molar-refractivity contribution in [2.75, 3.05) is 32.8 Å². The third-order valence-corrected chi connectivity index (χ3v) is 7.34. The van der Waals surface area contributed by atoms with Crippen LogP contribution >= 0.6 is 0 Å². The molecule has 2 heterocycles. The number of likely N-dealkylation sites (tertiary alicyclic amines) is 1. The van der Waals surface area contributed by atoms with Crippen molar-refractivity contribution >= 4 is 21.8 Å². The number of amides is 2. The lowest BCUT2D eigenvalue weighted by Crippen LogP contribution is -2.51. The highest BCUT2D eigenvalue weighted by atomic mass is 32.2. The normalized spacial score (nSPS) is 21.0. The van der Waals surface area contributed by atoms with Gasteiger partial charge < -0.3 is 15.0 Å². The molecule has 0 spiro atoms. The molecule has 1 aromatic carbocycles. The van der Waals surface area contributed by atoms with Gasteiger partial charge in [-0.25, -0.2) is 8.42 Å². The topological polar surface area (TPSA) is 96.0 Å². The van der Waals surface area contributed by atoms with Crippen LogP contribution in [0.25, 0.3) is 0 Å². The van der Waals surface area contributed by atoms with E-state index in [0.29, 0.717) is 52.2 Å². The van der Waals surface area contributed by atoms with E-state index in [2.05, 4.69) is 5.32 Å². The number of piperidine rings is 1. The molecule has 0 aliphatic carbocycles. The van der Waals surface area contributed by atoms with E-state index in [-0.39, 0.29) is 16.7 Å². The summed E-state index contributed by atoms with van der Waals surface area (Å²) in [5.74, 6) is -0.154. The number of carbonyl (C=O) groups excluding carboxylic acids is 2. The minimum absolute atomic E-state index is 0.00234. The van der Waals surface area contributed by atoms with Crippen LogP contribution in [0.5, 0.6) is 0 Å². The van der Waals surface area contributed by atoms with Crippen LogP contribution in [-0.4, -0.2) is 68.3 Å². The molecule has 1 N–H and O–H groups in total. The smallest absolute Gasteiger partial charge is 0.243 e. The summed E-state index contributed by atoms with van der Waals surface area (Å²) in [5, 5.41) is 2.89. The van der Waals surface area contributed by atoms with Gasteiger partial charge in [-0.15, -0.1) is 0 Å². The van der Waals surface area contributed by atoms with Crippen molar-refractivity contribution in [3.8, 4) is 0 Å². The third kappa shape index (κ3) is 5.15. The Balaban J connectivity index is 1.59. The van der Waals surface area contributed by atoms with Crippen molar-refractivity contribution in [3.63, 3.8) is 0 Å². The summed E-state index contributed by atoms with van der Waals surface area (Å²) in [6.07, 6.45) is 2.92. The van der Waals surface area contributed by atoms with Gasteiger partial charge >= 0.3 is 0 Å². The van der Waals surface area contributed by atoms with Crippen LogP contribution in [0.4, 0.5) is 0 Å². The van der Waals surface area contributed by atoms with E-state index in [1.165, 1.54) is 4.31 Å². The number of benzene rings is 1. The van der Waals surface area contributed by atoms with E-state index in [0.717, 1.165) is 18.4 Å². The van der Waals surface area contributed by atoms with Crippen LogP contribution in [0.2, 0.25) is 0 Å². The fourth-order valence-electron chi connectivity index (χ4n) is 3.73. The maximum atomic E-state index is 12.7. The molecule has 0 radical (unpaired) electrons. The molecule has 1 aromatic rings. The standard InChI is InChI=1S/C20H29N3O5S/c1-2-19(24)23-10-4-3-5-18(23)20(25)21-15-16-6-8-17(9-7-16)29(26,27)22-11-13-28-14-12-22/h6-9,18H,2-5,10-15H2,1H3,(H,21,25). The Morgan fingerprint density at radius 3 is 2.45 bits per heavy atom. The van der Waals surface area contributed by atoms with Crippen molar-refractivity contribution in [1.29, 1.82) is 0 Å². The van der Waals surface area contributed by atoms with E-state index in [1.54, 1.807) is 36.1 Å². The first-order chi connectivity index (χ1) is 13.9. The van der Waals surface area contributed by atoms with Gasteiger partial charge in [0.2, 0.25) is 21.8 Å². The quantitative estimate of drug-likeness (QED) is 0.740. The molecule has 160 valence electrons. The van der Waals surface area contributed by atoms with Crippen molar-refractivity contribution in [3.05, 3.63) is 29.8 Å². The molecule has 1 unspecified atom stereocenters. The summed E-state index contributed by atoms with van der Waals surface area (Å²) in [7, 11) is -3.53. The summed E-state index contributed by atoms with van der Waals surface area (Å²) in [6, 6.07) is 6.14. The molecular weight excluding hydrogens is 394 g/mol. The maximum Gasteiger partial charge on any atom is 0.243 e. The van der Waals surface area contributed by atoms with Crippen LogP contribution in [0, 0.1) is 0 Å². The predicted octanol–water partition coefficient (Wildman–Crippen LogP) is 1.11. The Labute approximate surface area is 172 Å². The second-order valence-corrected chi connectivity index (χ2v) is 9.27. The van der Waals surface area contributed by atoms with Gasteiger partial charge in [-0.05, 0) is 37.0 Å². The number of hydrogen-bond acceptors (Lipinski definition) is 5. The van der Waals surface area contributed by atoms with Crippen molar-refractivity contribution in [1.82, 2.24) is 14.5 Å². The van der Waals surface area contributed by atoms with Gasteiger partial charge in [0.05, 0.1) is 18.1 Å². The molecule has 0 bridgehead atoms. The molecule has 2 aliphatic rings. The highest BCUT2D eigenvalue weighted by Crippen LogP contribution is 2.19. The van der Waals surface area contributed by atoms with E-state index >= 15 is 0 Å². The summed E-state index contributed by atoms with van der Waals surface area (Å²) in [6.45, 7) is 4.24. The van der Waals surface area contributed by atoms with Crippen LogP contribution < -0.4 is 5.32 Å². The zero-order chi connectivity index (χ0) is 20.9. The van der Waals surface area contributed by atoms with Gasteiger partial charge in [-0.1, -0.05) is 19.1 Å². The molecule has 3 rings (SSSR count). The van der Waals surface area contributed by atoms with E-state index in [4.69, 9.17) is 4.74 Å². The van der Waals surface area contributed by atoms with Crippen LogP contribution in [-0.2, 0) is 30.9 Å². The number of rotatable bonds is 6. The first-order valence-corrected chi connectivity index (χ1v) is 11.6.